The normalized spacial score (nSPS) is 20.3. The lowest BCUT2D eigenvalue weighted by Gasteiger charge is -2.32. The quantitative estimate of drug-likeness (QED) is 0.487. The van der Waals surface area contributed by atoms with Crippen molar-refractivity contribution in [1.29, 1.82) is 0 Å². The van der Waals surface area contributed by atoms with Gasteiger partial charge in [-0.05, 0) is 31.2 Å². The molecule has 2 amide bonds. The Labute approximate surface area is 183 Å². The first-order valence-electron chi connectivity index (χ1n) is 10.5. The van der Waals surface area contributed by atoms with Crippen molar-refractivity contribution in [3.63, 3.8) is 0 Å². The third kappa shape index (κ3) is 4.18. The van der Waals surface area contributed by atoms with Crippen molar-refractivity contribution >= 4 is 35.0 Å². The van der Waals surface area contributed by atoms with Gasteiger partial charge in [0.1, 0.15) is 5.82 Å². The zero-order valence-electron chi connectivity index (χ0n) is 17.8. The Morgan fingerprint density at radius 3 is 2.84 bits per heavy atom. The second-order valence-electron chi connectivity index (χ2n) is 8.40. The Morgan fingerprint density at radius 2 is 2.12 bits per heavy atom. The summed E-state index contributed by atoms with van der Waals surface area (Å²) in [7, 11) is 0. The molecule has 0 radical (unpaired) electrons. The first kappa shape index (κ1) is 21.5. The lowest BCUT2D eigenvalue weighted by atomic mass is 9.92. The average Bonchev–Trinajstić information content (AvgIpc) is 2.74. The van der Waals surface area contributed by atoms with Crippen molar-refractivity contribution in [1.82, 2.24) is 9.97 Å². The molecule has 2 aliphatic heterocycles. The molecule has 4 rings (SSSR count). The number of nitro groups is 1. The minimum Gasteiger partial charge on any atom is -0.342 e. The molecule has 1 aromatic carbocycles. The van der Waals surface area contributed by atoms with Gasteiger partial charge < -0.3 is 15.5 Å². The van der Waals surface area contributed by atoms with E-state index in [1.54, 1.807) is 6.92 Å². The number of aryl methyl sites for hydroxylation is 1. The molecule has 0 aliphatic carbocycles. The maximum Gasteiger partial charge on any atom is 0.271 e. The van der Waals surface area contributed by atoms with Crippen LogP contribution in [0.15, 0.2) is 23.0 Å². The molecule has 1 aromatic heterocycles. The van der Waals surface area contributed by atoms with Crippen molar-refractivity contribution in [2.75, 3.05) is 28.6 Å². The van der Waals surface area contributed by atoms with Crippen molar-refractivity contribution in [2.24, 2.45) is 5.92 Å². The predicted molar refractivity (Wildman–Crippen MR) is 118 cm³/mol. The van der Waals surface area contributed by atoms with Crippen LogP contribution in [0.5, 0.6) is 0 Å². The lowest BCUT2D eigenvalue weighted by molar-refractivity contribution is -0.384. The highest BCUT2D eigenvalue weighted by Crippen LogP contribution is 2.32. The summed E-state index contributed by atoms with van der Waals surface area (Å²) in [4.78, 5) is 58.0. The van der Waals surface area contributed by atoms with Crippen LogP contribution in [-0.4, -0.2) is 39.8 Å². The number of aromatic nitrogens is 2. The molecule has 0 bridgehead atoms. The summed E-state index contributed by atoms with van der Waals surface area (Å²) in [6.45, 7) is 5.31. The standard InChI is InChI=1S/C21H24N6O5/c1-11-4-3-7-26(10-11)21-24-18-17(20(30)25-21)14(9-16(28)23-18)19(29)22-15-8-13(27(31)32)6-5-12(15)2/h5-6,8,11,14H,3-4,7,9-10H2,1-2H3,(H,22,29)(H2,23,24,25,28,30). The van der Waals surface area contributed by atoms with E-state index in [9.17, 15) is 24.5 Å². The van der Waals surface area contributed by atoms with Gasteiger partial charge in [-0.2, -0.15) is 4.98 Å². The van der Waals surface area contributed by atoms with Crippen molar-refractivity contribution < 1.29 is 14.5 Å². The first-order chi connectivity index (χ1) is 15.2. The maximum atomic E-state index is 13.0. The van der Waals surface area contributed by atoms with Gasteiger partial charge >= 0.3 is 0 Å². The smallest absolute Gasteiger partial charge is 0.271 e. The number of non-ortho nitro benzene ring substituents is 1. The summed E-state index contributed by atoms with van der Waals surface area (Å²) in [6.07, 6.45) is 1.85. The van der Waals surface area contributed by atoms with Gasteiger partial charge in [0.25, 0.3) is 11.2 Å². The zero-order chi connectivity index (χ0) is 23.0. The summed E-state index contributed by atoms with van der Waals surface area (Å²) in [5.41, 5.74) is 0.289. The van der Waals surface area contributed by atoms with Crippen LogP contribution < -0.4 is 21.1 Å². The second kappa shape index (κ2) is 8.40. The van der Waals surface area contributed by atoms with Crippen LogP contribution >= 0.6 is 0 Å². The number of benzene rings is 1. The van der Waals surface area contributed by atoms with E-state index in [-0.39, 0.29) is 29.2 Å². The van der Waals surface area contributed by atoms with E-state index >= 15 is 0 Å². The molecular formula is C21H24N6O5. The number of hydrogen-bond donors (Lipinski definition) is 3. The number of nitrogens with one attached hydrogen (secondary N) is 3. The monoisotopic (exact) mass is 440 g/mol. The molecule has 3 heterocycles. The average molecular weight is 440 g/mol. The van der Waals surface area contributed by atoms with E-state index in [2.05, 4.69) is 27.5 Å². The number of piperidine rings is 1. The number of rotatable bonds is 4. The summed E-state index contributed by atoms with van der Waals surface area (Å²) >= 11 is 0. The molecule has 1 fully saturated rings. The fraction of sp³-hybridized carbons (Fsp3) is 0.429. The summed E-state index contributed by atoms with van der Waals surface area (Å²) in [6, 6.07) is 4.11. The lowest BCUT2D eigenvalue weighted by Crippen LogP contribution is -2.40. The number of nitrogens with zero attached hydrogens (tertiary/aromatic N) is 3. The first-order valence-corrected chi connectivity index (χ1v) is 10.5. The van der Waals surface area contributed by atoms with Gasteiger partial charge in [0.2, 0.25) is 17.8 Å². The Bertz CT molecular complexity index is 1160. The van der Waals surface area contributed by atoms with Gasteiger partial charge in [-0.15, -0.1) is 0 Å². The van der Waals surface area contributed by atoms with Gasteiger partial charge in [0, 0.05) is 31.6 Å². The Kier molecular flexibility index (Phi) is 5.64. The Hall–Kier alpha value is -3.76. The van der Waals surface area contributed by atoms with Crippen molar-refractivity contribution in [3.05, 3.63) is 49.8 Å². The molecule has 0 spiro atoms. The van der Waals surface area contributed by atoms with E-state index < -0.39 is 28.2 Å². The molecular weight excluding hydrogens is 416 g/mol. The number of carbonyl (C=O) groups excluding carboxylic acids is 2. The van der Waals surface area contributed by atoms with Crippen LogP contribution in [0.4, 0.5) is 23.1 Å². The van der Waals surface area contributed by atoms with E-state index in [1.807, 2.05) is 4.90 Å². The largest absolute Gasteiger partial charge is 0.342 e. The van der Waals surface area contributed by atoms with Crippen LogP contribution in [0.3, 0.4) is 0 Å². The van der Waals surface area contributed by atoms with Gasteiger partial charge in [0.05, 0.1) is 22.1 Å². The number of amides is 2. The van der Waals surface area contributed by atoms with E-state index in [0.717, 1.165) is 25.9 Å². The number of nitro benzene ring substituents is 1. The number of aromatic amines is 1. The van der Waals surface area contributed by atoms with Gasteiger partial charge in [-0.25, -0.2) is 0 Å². The molecule has 2 aromatic rings. The predicted octanol–water partition coefficient (Wildman–Crippen LogP) is 2.29. The SMILES string of the molecule is Cc1ccc([N+](=O)[O-])cc1NC(=O)C1CC(=O)Nc2nc(N3CCCC(C)C3)[nH]c(=O)c21. The number of hydrogen-bond acceptors (Lipinski definition) is 7. The second-order valence-corrected chi connectivity index (χ2v) is 8.40. The number of fused-ring (bicyclic) bond motifs is 1. The van der Waals surface area contributed by atoms with Gasteiger partial charge in [-0.1, -0.05) is 13.0 Å². The number of carbonyl (C=O) groups is 2. The molecule has 2 unspecified atom stereocenters. The highest BCUT2D eigenvalue weighted by Gasteiger charge is 2.35. The molecule has 168 valence electrons. The molecule has 2 atom stereocenters. The fourth-order valence-corrected chi connectivity index (χ4v) is 4.19. The van der Waals surface area contributed by atoms with Crippen LogP contribution in [0, 0.1) is 23.0 Å². The number of H-pyrrole nitrogens is 1. The minimum atomic E-state index is -1.07. The summed E-state index contributed by atoms with van der Waals surface area (Å²) < 4.78 is 0. The highest BCUT2D eigenvalue weighted by atomic mass is 16.6. The fourth-order valence-electron chi connectivity index (χ4n) is 4.19. The zero-order valence-corrected chi connectivity index (χ0v) is 17.8. The van der Waals surface area contributed by atoms with Crippen molar-refractivity contribution in [3.8, 4) is 0 Å². The highest BCUT2D eigenvalue weighted by molar-refractivity contribution is 6.04. The van der Waals surface area contributed by atoms with Gasteiger partial charge in [-0.3, -0.25) is 29.5 Å². The Morgan fingerprint density at radius 1 is 1.34 bits per heavy atom. The molecule has 2 aliphatic rings. The minimum absolute atomic E-state index is 0.0779. The third-order valence-corrected chi connectivity index (χ3v) is 5.90. The summed E-state index contributed by atoms with van der Waals surface area (Å²) in [5.74, 6) is -1.19. The van der Waals surface area contributed by atoms with Gasteiger partial charge in [0.15, 0.2) is 0 Å². The van der Waals surface area contributed by atoms with E-state index in [1.165, 1.54) is 18.2 Å². The maximum absolute atomic E-state index is 13.0. The number of anilines is 3. The molecule has 11 heteroatoms. The van der Waals surface area contributed by atoms with Crippen LogP contribution in [-0.2, 0) is 9.59 Å². The van der Waals surface area contributed by atoms with Crippen LogP contribution in [0.2, 0.25) is 0 Å². The molecule has 32 heavy (non-hydrogen) atoms. The van der Waals surface area contributed by atoms with Crippen LogP contribution in [0.25, 0.3) is 0 Å². The molecule has 0 saturated carbocycles. The van der Waals surface area contributed by atoms with E-state index in [4.69, 9.17) is 0 Å². The topological polar surface area (TPSA) is 150 Å². The van der Waals surface area contributed by atoms with E-state index in [0.29, 0.717) is 17.4 Å². The van der Waals surface area contributed by atoms with Crippen LogP contribution in [0.1, 0.15) is 43.2 Å². The molecule has 11 nitrogen and oxygen atoms in total. The Balaban J connectivity index is 1.65. The van der Waals surface area contributed by atoms with Crippen molar-refractivity contribution in [2.45, 2.75) is 39.0 Å². The summed E-state index contributed by atoms with van der Waals surface area (Å²) in [5, 5.41) is 16.3. The molecule has 3 N–H and O–H groups in total. The third-order valence-electron chi connectivity index (χ3n) is 5.90. The molecule has 1 saturated heterocycles.